The number of ether oxygens (including phenoxy) is 3. The number of aryl methyl sites for hydroxylation is 1. The molecule has 0 bridgehead atoms. The van der Waals surface area contributed by atoms with Crippen LogP contribution in [0.15, 0.2) is 83.9 Å². The van der Waals surface area contributed by atoms with Crippen LogP contribution in [0.4, 0.5) is 0 Å². The second kappa shape index (κ2) is 10.9. The Morgan fingerprint density at radius 3 is 2.33 bits per heavy atom. The van der Waals surface area contributed by atoms with Crippen molar-refractivity contribution in [2.75, 3.05) is 13.7 Å². The number of rotatable bonds is 9. The number of nitrogens with zero attached hydrogens (tertiary/aromatic N) is 2. The van der Waals surface area contributed by atoms with E-state index in [1.54, 1.807) is 49.4 Å². The number of esters is 1. The van der Waals surface area contributed by atoms with E-state index >= 15 is 0 Å². The molecule has 0 N–H and O–H groups in total. The number of carbonyl (C=O) groups excluding carboxylic acids is 1. The second-order valence-electron chi connectivity index (χ2n) is 9.01. The third kappa shape index (κ3) is 4.86. The SMILES string of the molecule is CCOC(=O)c1ncc2c(c1COC)c1c(OCc3ccccc3)cccc1n2S(=O)(=O)c1ccc(C)cc1. The standard InChI is InChI=1S/C30H28N2O6S/c1-4-37-30(33)29-23(19-36-3)27-25(17-31-29)32(39(34,35)22-15-13-20(2)14-16-22)24-11-8-12-26(28(24)27)38-18-21-9-6-5-7-10-21/h5-17H,4,18-19H2,1-3H3. The van der Waals surface area contributed by atoms with Crippen LogP contribution < -0.4 is 4.74 Å². The molecule has 9 heteroatoms. The van der Waals surface area contributed by atoms with Crippen molar-refractivity contribution in [3.8, 4) is 5.75 Å². The van der Waals surface area contributed by atoms with Crippen molar-refractivity contribution in [1.82, 2.24) is 8.96 Å². The van der Waals surface area contributed by atoms with Gasteiger partial charge in [-0.05, 0) is 43.7 Å². The highest BCUT2D eigenvalue weighted by atomic mass is 32.2. The van der Waals surface area contributed by atoms with Crippen molar-refractivity contribution in [2.45, 2.75) is 32.0 Å². The van der Waals surface area contributed by atoms with Gasteiger partial charge in [-0.25, -0.2) is 22.2 Å². The van der Waals surface area contributed by atoms with Gasteiger partial charge in [-0.15, -0.1) is 0 Å². The Balaban J connectivity index is 1.84. The van der Waals surface area contributed by atoms with Gasteiger partial charge in [-0.2, -0.15) is 0 Å². The predicted molar refractivity (Wildman–Crippen MR) is 148 cm³/mol. The van der Waals surface area contributed by atoms with Gasteiger partial charge in [0.05, 0.1) is 40.7 Å². The molecule has 0 atom stereocenters. The first-order valence-corrected chi connectivity index (χ1v) is 13.9. The number of aromatic nitrogens is 2. The maximum absolute atomic E-state index is 14.1. The third-order valence-electron chi connectivity index (χ3n) is 6.41. The minimum Gasteiger partial charge on any atom is -0.488 e. The Hall–Kier alpha value is -4.21. The van der Waals surface area contributed by atoms with E-state index in [1.807, 2.05) is 37.3 Å². The van der Waals surface area contributed by atoms with E-state index in [2.05, 4.69) is 4.98 Å². The quantitative estimate of drug-likeness (QED) is 0.222. The van der Waals surface area contributed by atoms with Gasteiger partial charge >= 0.3 is 5.97 Å². The van der Waals surface area contributed by atoms with Crippen LogP contribution >= 0.6 is 0 Å². The Labute approximate surface area is 226 Å². The maximum atomic E-state index is 14.1. The van der Waals surface area contributed by atoms with Crippen LogP contribution in [0.3, 0.4) is 0 Å². The normalized spacial score (nSPS) is 11.7. The Bertz CT molecular complexity index is 1760. The highest BCUT2D eigenvalue weighted by Gasteiger charge is 2.29. The molecule has 0 amide bonds. The second-order valence-corrected chi connectivity index (χ2v) is 10.8. The fourth-order valence-corrected chi connectivity index (χ4v) is 6.13. The Kier molecular flexibility index (Phi) is 7.36. The molecule has 5 aromatic rings. The van der Waals surface area contributed by atoms with E-state index < -0.39 is 16.0 Å². The van der Waals surface area contributed by atoms with Gasteiger partial charge in [-0.1, -0.05) is 54.1 Å². The van der Waals surface area contributed by atoms with Crippen LogP contribution in [0.25, 0.3) is 21.8 Å². The van der Waals surface area contributed by atoms with Gasteiger partial charge in [0.25, 0.3) is 10.0 Å². The molecule has 8 nitrogen and oxygen atoms in total. The van der Waals surface area contributed by atoms with Crippen LogP contribution in [0.2, 0.25) is 0 Å². The van der Waals surface area contributed by atoms with Crippen LogP contribution in [-0.4, -0.2) is 37.1 Å². The van der Waals surface area contributed by atoms with Gasteiger partial charge < -0.3 is 14.2 Å². The topological polar surface area (TPSA) is 96.7 Å². The zero-order chi connectivity index (χ0) is 27.6. The van der Waals surface area contributed by atoms with Crippen molar-refractivity contribution in [3.05, 3.63) is 101 Å². The molecule has 3 aromatic carbocycles. The summed E-state index contributed by atoms with van der Waals surface area (Å²) in [6.45, 7) is 4.05. The van der Waals surface area contributed by atoms with Crippen molar-refractivity contribution >= 4 is 37.8 Å². The van der Waals surface area contributed by atoms with Gasteiger partial charge in [0, 0.05) is 18.1 Å². The molecule has 200 valence electrons. The smallest absolute Gasteiger partial charge is 0.357 e. The highest BCUT2D eigenvalue weighted by Crippen LogP contribution is 2.40. The zero-order valence-corrected chi connectivity index (χ0v) is 22.7. The van der Waals surface area contributed by atoms with Gasteiger partial charge in [-0.3, -0.25) is 0 Å². The zero-order valence-electron chi connectivity index (χ0n) is 21.9. The summed E-state index contributed by atoms with van der Waals surface area (Å²) < 4.78 is 46.4. The van der Waals surface area contributed by atoms with Gasteiger partial charge in [0.1, 0.15) is 12.4 Å². The fraction of sp³-hybridized carbons (Fsp3) is 0.200. The van der Waals surface area contributed by atoms with Crippen molar-refractivity contribution < 1.29 is 27.4 Å². The minimum absolute atomic E-state index is 0.00913. The molecule has 0 unspecified atom stereocenters. The van der Waals surface area contributed by atoms with Crippen LogP contribution in [0.1, 0.15) is 34.1 Å². The molecular formula is C30H28N2O6S. The minimum atomic E-state index is -4.06. The number of hydrogen-bond acceptors (Lipinski definition) is 7. The summed E-state index contributed by atoms with van der Waals surface area (Å²) in [6.07, 6.45) is 1.40. The van der Waals surface area contributed by atoms with E-state index in [0.29, 0.717) is 33.1 Å². The molecule has 0 aliphatic rings. The molecule has 2 heterocycles. The summed E-state index contributed by atoms with van der Waals surface area (Å²) in [5.41, 5.74) is 3.09. The average molecular weight is 545 g/mol. The molecule has 0 aliphatic heterocycles. The van der Waals surface area contributed by atoms with Crippen LogP contribution in [0, 0.1) is 6.92 Å². The van der Waals surface area contributed by atoms with Crippen molar-refractivity contribution in [3.63, 3.8) is 0 Å². The van der Waals surface area contributed by atoms with Crippen LogP contribution in [-0.2, 0) is 32.7 Å². The first-order valence-electron chi connectivity index (χ1n) is 12.5. The van der Waals surface area contributed by atoms with Crippen molar-refractivity contribution in [1.29, 1.82) is 0 Å². The number of carbonyl (C=O) groups is 1. The van der Waals surface area contributed by atoms with Crippen LogP contribution in [0.5, 0.6) is 5.75 Å². The van der Waals surface area contributed by atoms with E-state index in [1.165, 1.54) is 17.3 Å². The van der Waals surface area contributed by atoms with E-state index in [4.69, 9.17) is 14.2 Å². The lowest BCUT2D eigenvalue weighted by molar-refractivity contribution is 0.0514. The molecule has 0 aliphatic carbocycles. The average Bonchev–Trinajstić information content (AvgIpc) is 3.29. The lowest BCUT2D eigenvalue weighted by Gasteiger charge is -2.12. The molecule has 0 radical (unpaired) electrons. The van der Waals surface area contributed by atoms with E-state index in [-0.39, 0.29) is 30.4 Å². The third-order valence-corrected chi connectivity index (χ3v) is 8.15. The predicted octanol–water partition coefficient (Wildman–Crippen LogP) is 5.64. The molecule has 2 aromatic heterocycles. The van der Waals surface area contributed by atoms with Gasteiger partial charge in [0.15, 0.2) is 5.69 Å². The van der Waals surface area contributed by atoms with Crippen molar-refractivity contribution in [2.24, 2.45) is 0 Å². The summed E-state index contributed by atoms with van der Waals surface area (Å²) in [6, 6.07) is 21.6. The molecule has 0 fully saturated rings. The lowest BCUT2D eigenvalue weighted by atomic mass is 10.0. The number of fused-ring (bicyclic) bond motifs is 3. The number of benzene rings is 3. The number of pyridine rings is 1. The Morgan fingerprint density at radius 2 is 1.64 bits per heavy atom. The lowest BCUT2D eigenvalue weighted by Crippen LogP contribution is -2.14. The molecule has 0 saturated heterocycles. The first-order chi connectivity index (χ1) is 18.9. The first kappa shape index (κ1) is 26.4. The fourth-order valence-electron chi connectivity index (χ4n) is 4.63. The summed E-state index contributed by atoms with van der Waals surface area (Å²) in [5.74, 6) is -0.144. The van der Waals surface area contributed by atoms with E-state index in [0.717, 1.165) is 11.1 Å². The molecular weight excluding hydrogens is 516 g/mol. The number of hydrogen-bond donors (Lipinski definition) is 0. The van der Waals surface area contributed by atoms with Gasteiger partial charge in [0.2, 0.25) is 0 Å². The largest absolute Gasteiger partial charge is 0.488 e. The summed E-state index contributed by atoms with van der Waals surface area (Å²) in [7, 11) is -2.56. The molecule has 0 saturated carbocycles. The monoisotopic (exact) mass is 544 g/mol. The Morgan fingerprint density at radius 1 is 0.897 bits per heavy atom. The highest BCUT2D eigenvalue weighted by molar-refractivity contribution is 7.90. The number of methoxy groups -OCH3 is 1. The maximum Gasteiger partial charge on any atom is 0.357 e. The molecule has 0 spiro atoms. The molecule has 5 rings (SSSR count). The molecule has 39 heavy (non-hydrogen) atoms. The summed E-state index contributed by atoms with van der Waals surface area (Å²) in [4.78, 5) is 17.4. The summed E-state index contributed by atoms with van der Waals surface area (Å²) >= 11 is 0. The van der Waals surface area contributed by atoms with E-state index in [9.17, 15) is 13.2 Å². The summed E-state index contributed by atoms with van der Waals surface area (Å²) in [5, 5.41) is 1.04.